The molecule has 35 heavy (non-hydrogen) atoms. The molecule has 1 unspecified atom stereocenters. The van der Waals surface area contributed by atoms with Crippen LogP contribution in [0.1, 0.15) is 36.3 Å². The number of ether oxygens (including phenoxy) is 1. The number of nitrogens with zero attached hydrogens (tertiary/aromatic N) is 1. The van der Waals surface area contributed by atoms with Crippen molar-refractivity contribution < 1.29 is 24.2 Å². The Morgan fingerprint density at radius 3 is 2.26 bits per heavy atom. The molecule has 1 saturated carbocycles. The van der Waals surface area contributed by atoms with E-state index in [9.17, 15) is 19.5 Å². The summed E-state index contributed by atoms with van der Waals surface area (Å²) in [6.07, 6.45) is 1.83. The van der Waals surface area contributed by atoms with Crippen LogP contribution >= 0.6 is 0 Å². The van der Waals surface area contributed by atoms with Crippen molar-refractivity contribution in [1.29, 1.82) is 0 Å². The Balaban J connectivity index is 1.30. The highest BCUT2D eigenvalue weighted by Gasteiger charge is 2.35. The summed E-state index contributed by atoms with van der Waals surface area (Å²) in [5.41, 5.74) is 4.65. The van der Waals surface area contributed by atoms with Gasteiger partial charge in [-0.1, -0.05) is 55.0 Å². The molecule has 3 N–H and O–H groups in total. The minimum Gasteiger partial charge on any atom is -0.480 e. The molecule has 0 saturated heterocycles. The van der Waals surface area contributed by atoms with Crippen LogP contribution in [0.15, 0.2) is 48.5 Å². The second kappa shape index (κ2) is 10.9. The monoisotopic (exact) mass is 479 g/mol. The van der Waals surface area contributed by atoms with Gasteiger partial charge in [0.25, 0.3) is 0 Å². The number of hydrogen-bond donors (Lipinski definition) is 3. The van der Waals surface area contributed by atoms with Crippen molar-refractivity contribution in [3.63, 3.8) is 0 Å². The number of likely N-dealkylation sites (N-methyl/N-ethyl adjacent to an activating group) is 1. The van der Waals surface area contributed by atoms with Gasteiger partial charge >= 0.3 is 12.1 Å². The van der Waals surface area contributed by atoms with Crippen LogP contribution in [0.3, 0.4) is 0 Å². The topological polar surface area (TPSA) is 108 Å². The highest BCUT2D eigenvalue weighted by molar-refractivity contribution is 5.85. The standard InChI is InChI=1S/C27H33N3O5/c1-30(2)15-24(26(32)33)29-25(31)18-13-7-8-17(18)14-28-27(34)35-16-23-21-11-5-3-9-19(21)20-10-4-6-12-22(20)23/h3-6,9-12,17-18,23-24H,7-8,13-16H2,1-2H3,(H,28,34)(H,29,31)(H,32,33)/t17-,18-,24?/m0/s1. The van der Waals surface area contributed by atoms with Gasteiger partial charge < -0.3 is 25.4 Å². The third-order valence-corrected chi connectivity index (χ3v) is 7.01. The molecule has 0 heterocycles. The maximum atomic E-state index is 12.8. The Hall–Kier alpha value is -3.39. The van der Waals surface area contributed by atoms with Gasteiger partial charge in [0.15, 0.2) is 0 Å². The predicted octanol–water partition coefficient (Wildman–Crippen LogP) is 3.07. The minimum atomic E-state index is -1.06. The number of carboxylic acids is 1. The average molecular weight is 480 g/mol. The molecule has 0 aromatic heterocycles. The number of hydrogen-bond acceptors (Lipinski definition) is 5. The Kier molecular flexibility index (Phi) is 7.70. The number of carbonyl (C=O) groups is 3. The predicted molar refractivity (Wildman–Crippen MR) is 132 cm³/mol. The second-order valence-electron chi connectivity index (χ2n) is 9.67. The van der Waals surface area contributed by atoms with E-state index in [1.165, 1.54) is 11.1 Å². The van der Waals surface area contributed by atoms with Gasteiger partial charge in [0.05, 0.1) is 0 Å². The van der Waals surface area contributed by atoms with Crippen molar-refractivity contribution in [2.75, 3.05) is 33.8 Å². The molecule has 2 amide bonds. The van der Waals surface area contributed by atoms with Crippen molar-refractivity contribution in [1.82, 2.24) is 15.5 Å². The van der Waals surface area contributed by atoms with E-state index >= 15 is 0 Å². The lowest BCUT2D eigenvalue weighted by Gasteiger charge is -2.24. The van der Waals surface area contributed by atoms with E-state index in [1.54, 1.807) is 19.0 Å². The first kappa shape index (κ1) is 24.7. The van der Waals surface area contributed by atoms with E-state index < -0.39 is 18.1 Å². The van der Waals surface area contributed by atoms with Crippen LogP contribution in [0.25, 0.3) is 11.1 Å². The molecule has 2 aromatic rings. The fourth-order valence-corrected chi connectivity index (χ4v) is 5.32. The van der Waals surface area contributed by atoms with Crippen molar-refractivity contribution in [3.05, 3.63) is 59.7 Å². The van der Waals surface area contributed by atoms with Gasteiger partial charge in [0, 0.05) is 24.9 Å². The van der Waals surface area contributed by atoms with Gasteiger partial charge in [-0.15, -0.1) is 0 Å². The lowest BCUT2D eigenvalue weighted by molar-refractivity contribution is -0.143. The van der Waals surface area contributed by atoms with Crippen LogP contribution in [0.2, 0.25) is 0 Å². The summed E-state index contributed by atoms with van der Waals surface area (Å²) >= 11 is 0. The fraction of sp³-hybridized carbons (Fsp3) is 0.444. The lowest BCUT2D eigenvalue weighted by atomic mass is 9.94. The van der Waals surface area contributed by atoms with Gasteiger partial charge in [-0.3, -0.25) is 4.79 Å². The molecule has 2 aliphatic rings. The zero-order valence-corrected chi connectivity index (χ0v) is 20.2. The number of nitrogens with one attached hydrogen (secondary N) is 2. The van der Waals surface area contributed by atoms with Gasteiger partial charge in [0.1, 0.15) is 12.6 Å². The Bertz CT molecular complexity index is 1040. The molecule has 0 spiro atoms. The van der Waals surface area contributed by atoms with Crippen LogP contribution in [-0.2, 0) is 14.3 Å². The van der Waals surface area contributed by atoms with Gasteiger partial charge in [-0.05, 0) is 55.1 Å². The summed E-state index contributed by atoms with van der Waals surface area (Å²) < 4.78 is 5.60. The number of aliphatic carboxylic acids is 1. The van der Waals surface area contributed by atoms with Gasteiger partial charge in [0.2, 0.25) is 5.91 Å². The van der Waals surface area contributed by atoms with E-state index in [1.807, 2.05) is 24.3 Å². The van der Waals surface area contributed by atoms with Crippen LogP contribution in [0, 0.1) is 11.8 Å². The average Bonchev–Trinajstić information content (AvgIpc) is 3.43. The van der Waals surface area contributed by atoms with Crippen molar-refractivity contribution in [2.45, 2.75) is 31.2 Å². The highest BCUT2D eigenvalue weighted by Crippen LogP contribution is 2.44. The number of carboxylic acid groups (broad SMARTS) is 1. The number of fused-ring (bicyclic) bond motifs is 3. The van der Waals surface area contributed by atoms with E-state index in [-0.39, 0.29) is 36.8 Å². The third-order valence-electron chi connectivity index (χ3n) is 7.01. The summed E-state index contributed by atoms with van der Waals surface area (Å²) in [5, 5.41) is 14.9. The first-order chi connectivity index (χ1) is 16.8. The summed E-state index contributed by atoms with van der Waals surface area (Å²) in [6.45, 7) is 0.774. The van der Waals surface area contributed by atoms with Gasteiger partial charge in [-0.2, -0.15) is 0 Å². The number of carbonyl (C=O) groups excluding carboxylic acids is 2. The van der Waals surface area contributed by atoms with Gasteiger partial charge in [-0.25, -0.2) is 9.59 Å². The van der Waals surface area contributed by atoms with Crippen molar-refractivity contribution in [2.24, 2.45) is 11.8 Å². The molecule has 8 heteroatoms. The zero-order valence-electron chi connectivity index (χ0n) is 20.2. The molecular weight excluding hydrogens is 446 g/mol. The molecule has 0 aliphatic heterocycles. The number of amides is 2. The number of rotatable bonds is 9. The summed E-state index contributed by atoms with van der Waals surface area (Å²) in [4.78, 5) is 38.5. The molecule has 4 rings (SSSR count). The molecule has 0 radical (unpaired) electrons. The molecule has 2 aliphatic carbocycles. The van der Waals surface area contributed by atoms with Crippen molar-refractivity contribution >= 4 is 18.0 Å². The first-order valence-corrected chi connectivity index (χ1v) is 12.1. The smallest absolute Gasteiger partial charge is 0.407 e. The van der Waals surface area contributed by atoms with E-state index in [0.29, 0.717) is 13.0 Å². The highest BCUT2D eigenvalue weighted by atomic mass is 16.5. The third kappa shape index (κ3) is 5.65. The number of benzene rings is 2. The summed E-state index contributed by atoms with van der Waals surface area (Å²) in [7, 11) is 3.53. The maximum absolute atomic E-state index is 12.8. The second-order valence-corrected chi connectivity index (χ2v) is 9.67. The largest absolute Gasteiger partial charge is 0.480 e. The molecule has 8 nitrogen and oxygen atoms in total. The summed E-state index contributed by atoms with van der Waals surface area (Å²) in [6, 6.07) is 15.4. The van der Waals surface area contributed by atoms with Crippen LogP contribution in [-0.4, -0.2) is 67.8 Å². The first-order valence-electron chi connectivity index (χ1n) is 12.1. The Labute approximate surface area is 205 Å². The van der Waals surface area contributed by atoms with Crippen molar-refractivity contribution in [3.8, 4) is 11.1 Å². The molecule has 0 bridgehead atoms. The molecule has 2 aromatic carbocycles. The fourth-order valence-electron chi connectivity index (χ4n) is 5.32. The SMILES string of the molecule is CN(C)CC(NC(=O)[C@H]1CCC[C@H]1CNC(=O)OCC1c2ccccc2-c2ccccc21)C(=O)O. The van der Waals surface area contributed by atoms with E-state index in [0.717, 1.165) is 24.0 Å². The minimum absolute atomic E-state index is 0.0113. The van der Waals surface area contributed by atoms with Crippen LogP contribution < -0.4 is 10.6 Å². The Morgan fingerprint density at radius 1 is 1.03 bits per heavy atom. The molecule has 186 valence electrons. The van der Waals surface area contributed by atoms with E-state index in [4.69, 9.17) is 4.74 Å². The van der Waals surface area contributed by atoms with Crippen LogP contribution in [0.4, 0.5) is 4.79 Å². The van der Waals surface area contributed by atoms with E-state index in [2.05, 4.69) is 34.9 Å². The maximum Gasteiger partial charge on any atom is 0.407 e. The zero-order chi connectivity index (χ0) is 24.9. The molecule has 3 atom stereocenters. The lowest BCUT2D eigenvalue weighted by Crippen LogP contribution is -2.49. The molecular formula is C27H33N3O5. The van der Waals surface area contributed by atoms with Crippen LogP contribution in [0.5, 0.6) is 0 Å². The number of alkyl carbamates (subject to hydrolysis) is 1. The normalized spacial score (nSPS) is 19.6. The summed E-state index contributed by atoms with van der Waals surface area (Å²) in [5.74, 6) is -1.71. The molecule has 1 fully saturated rings. The quantitative estimate of drug-likeness (QED) is 0.510. The Morgan fingerprint density at radius 2 is 1.66 bits per heavy atom.